The minimum Gasteiger partial charge on any atom is -0.390 e. The van der Waals surface area contributed by atoms with E-state index in [1.807, 2.05) is 0 Å². The van der Waals surface area contributed by atoms with Crippen LogP contribution in [-0.4, -0.2) is 28.1 Å². The first-order valence-electron chi connectivity index (χ1n) is 12.9. The summed E-state index contributed by atoms with van der Waals surface area (Å²) in [4.78, 5) is 0. The van der Waals surface area contributed by atoms with Crippen LogP contribution in [0.5, 0.6) is 0 Å². The van der Waals surface area contributed by atoms with E-state index in [1.54, 1.807) is 0 Å². The zero-order valence-electron chi connectivity index (χ0n) is 19.7. The maximum atomic E-state index is 12.7. The Morgan fingerprint density at radius 1 is 0.935 bits per heavy atom. The summed E-state index contributed by atoms with van der Waals surface area (Å²) in [6, 6.07) is 0. The van der Waals surface area contributed by atoms with Gasteiger partial charge in [0, 0.05) is 0 Å². The normalized spacial score (nSPS) is 48.6. The second kappa shape index (κ2) is 8.18. The molecule has 4 fully saturated rings. The second-order valence-corrected chi connectivity index (χ2v) is 12.2. The fourth-order valence-electron chi connectivity index (χ4n) is 8.95. The molecule has 180 valence electrons. The zero-order chi connectivity index (χ0) is 22.7. The van der Waals surface area contributed by atoms with Crippen molar-refractivity contribution in [3.63, 3.8) is 0 Å². The van der Waals surface area contributed by atoms with Gasteiger partial charge in [0.15, 0.2) is 0 Å². The SMILES string of the molecule is CC[C@]1(O)CC[C@@]2(C)[C@@H](CC[C@@H]3[C@@H]2CC[C@]2(C)[C@@H](CCCC(O)C(F)(F)F)CC[C@@H]32)C1. The van der Waals surface area contributed by atoms with Gasteiger partial charge in [-0.2, -0.15) is 13.2 Å². The van der Waals surface area contributed by atoms with Crippen molar-refractivity contribution in [2.75, 3.05) is 0 Å². The largest absolute Gasteiger partial charge is 0.414 e. The Kier molecular flexibility index (Phi) is 6.30. The fraction of sp³-hybridized carbons (Fsp3) is 1.00. The van der Waals surface area contributed by atoms with Crippen LogP contribution in [-0.2, 0) is 0 Å². The van der Waals surface area contributed by atoms with E-state index < -0.39 is 17.9 Å². The van der Waals surface area contributed by atoms with Gasteiger partial charge in [-0.25, -0.2) is 0 Å². The van der Waals surface area contributed by atoms with Crippen LogP contribution >= 0.6 is 0 Å². The Labute approximate surface area is 186 Å². The summed E-state index contributed by atoms with van der Waals surface area (Å²) in [6.07, 6.45) is 5.69. The summed E-state index contributed by atoms with van der Waals surface area (Å²) in [5.74, 6) is 3.34. The number of aliphatic hydroxyl groups excluding tert-OH is 1. The summed E-state index contributed by atoms with van der Waals surface area (Å²) in [5, 5.41) is 20.3. The smallest absolute Gasteiger partial charge is 0.390 e. The van der Waals surface area contributed by atoms with Gasteiger partial charge in [0.05, 0.1) is 5.60 Å². The molecule has 0 aromatic carbocycles. The number of alkyl halides is 3. The van der Waals surface area contributed by atoms with E-state index in [4.69, 9.17) is 0 Å². The molecular weight excluding hydrogens is 401 g/mol. The Bertz CT molecular complexity index is 651. The number of hydrogen-bond acceptors (Lipinski definition) is 2. The maximum Gasteiger partial charge on any atom is 0.414 e. The highest BCUT2D eigenvalue weighted by Crippen LogP contribution is 2.68. The van der Waals surface area contributed by atoms with E-state index in [1.165, 1.54) is 32.1 Å². The van der Waals surface area contributed by atoms with Gasteiger partial charge in [0.25, 0.3) is 0 Å². The highest BCUT2D eigenvalue weighted by molar-refractivity contribution is 5.10. The Hall–Kier alpha value is -0.290. The second-order valence-electron chi connectivity index (χ2n) is 12.2. The van der Waals surface area contributed by atoms with Crippen molar-refractivity contribution >= 4 is 0 Å². The van der Waals surface area contributed by atoms with Crippen LogP contribution in [0.2, 0.25) is 0 Å². The summed E-state index contributed by atoms with van der Waals surface area (Å²) >= 11 is 0. The van der Waals surface area contributed by atoms with E-state index in [2.05, 4.69) is 20.8 Å². The highest BCUT2D eigenvalue weighted by atomic mass is 19.4. The number of rotatable bonds is 5. The molecule has 0 heterocycles. The molecule has 0 radical (unpaired) electrons. The summed E-state index contributed by atoms with van der Waals surface area (Å²) < 4.78 is 38.0. The molecule has 4 rings (SSSR count). The lowest BCUT2D eigenvalue weighted by atomic mass is 9.43. The van der Waals surface area contributed by atoms with Crippen LogP contribution in [0.4, 0.5) is 13.2 Å². The number of aliphatic hydroxyl groups is 2. The molecule has 1 unspecified atom stereocenters. The van der Waals surface area contributed by atoms with Gasteiger partial charge in [-0.15, -0.1) is 0 Å². The van der Waals surface area contributed by atoms with Crippen LogP contribution in [0.3, 0.4) is 0 Å². The first kappa shape index (κ1) is 23.9. The number of hydrogen-bond donors (Lipinski definition) is 2. The lowest BCUT2D eigenvalue weighted by molar-refractivity contribution is -0.205. The molecule has 0 aromatic heterocycles. The molecule has 4 saturated carbocycles. The van der Waals surface area contributed by atoms with Crippen LogP contribution in [0, 0.1) is 40.4 Å². The van der Waals surface area contributed by atoms with E-state index in [0.717, 1.165) is 50.4 Å². The summed E-state index contributed by atoms with van der Waals surface area (Å²) in [7, 11) is 0. The van der Waals surface area contributed by atoms with Gasteiger partial charge in [-0.3, -0.25) is 0 Å². The van der Waals surface area contributed by atoms with Gasteiger partial charge < -0.3 is 10.2 Å². The Morgan fingerprint density at radius 2 is 1.65 bits per heavy atom. The molecule has 0 aromatic rings. The van der Waals surface area contributed by atoms with E-state index in [-0.39, 0.29) is 11.8 Å². The molecule has 0 saturated heterocycles. The Morgan fingerprint density at radius 3 is 2.32 bits per heavy atom. The lowest BCUT2D eigenvalue weighted by Gasteiger charge is -2.62. The van der Waals surface area contributed by atoms with E-state index in [9.17, 15) is 23.4 Å². The summed E-state index contributed by atoms with van der Waals surface area (Å²) in [6.45, 7) is 7.06. The Balaban J connectivity index is 1.41. The molecule has 5 heteroatoms. The third-order valence-corrected chi connectivity index (χ3v) is 11.1. The number of fused-ring (bicyclic) bond motifs is 5. The molecular formula is C26H43F3O2. The number of halogens is 3. The van der Waals surface area contributed by atoms with Crippen molar-refractivity contribution in [1.82, 2.24) is 0 Å². The molecule has 0 amide bonds. The van der Waals surface area contributed by atoms with E-state index >= 15 is 0 Å². The van der Waals surface area contributed by atoms with Gasteiger partial charge in [0.2, 0.25) is 0 Å². The quantitative estimate of drug-likeness (QED) is 0.485. The average Bonchev–Trinajstić information content (AvgIpc) is 3.04. The first-order chi connectivity index (χ1) is 14.4. The molecule has 0 spiro atoms. The van der Waals surface area contributed by atoms with Crippen LogP contribution in [0.1, 0.15) is 104 Å². The maximum absolute atomic E-state index is 12.7. The van der Waals surface area contributed by atoms with Gasteiger partial charge >= 0.3 is 6.18 Å². The van der Waals surface area contributed by atoms with Crippen molar-refractivity contribution in [3.05, 3.63) is 0 Å². The molecule has 9 atom stereocenters. The monoisotopic (exact) mass is 444 g/mol. The molecule has 0 aliphatic heterocycles. The summed E-state index contributed by atoms with van der Waals surface area (Å²) in [5.41, 5.74) is 0.145. The van der Waals surface area contributed by atoms with Gasteiger partial charge in [0.1, 0.15) is 6.10 Å². The van der Waals surface area contributed by atoms with Crippen LogP contribution < -0.4 is 0 Å². The minimum atomic E-state index is -4.49. The predicted octanol–water partition coefficient (Wildman–Crippen LogP) is 6.88. The van der Waals surface area contributed by atoms with E-state index in [0.29, 0.717) is 29.6 Å². The molecule has 4 aliphatic carbocycles. The van der Waals surface area contributed by atoms with Crippen molar-refractivity contribution in [2.45, 2.75) is 122 Å². The minimum absolute atomic E-state index is 0.160. The third-order valence-electron chi connectivity index (χ3n) is 11.1. The van der Waals surface area contributed by atoms with Gasteiger partial charge in [-0.05, 0) is 117 Å². The fourth-order valence-corrected chi connectivity index (χ4v) is 8.95. The predicted molar refractivity (Wildman–Crippen MR) is 116 cm³/mol. The lowest BCUT2D eigenvalue weighted by Crippen LogP contribution is -2.55. The first-order valence-corrected chi connectivity index (χ1v) is 12.9. The van der Waals surface area contributed by atoms with Crippen molar-refractivity contribution in [2.24, 2.45) is 40.4 Å². The molecule has 4 aliphatic rings. The average molecular weight is 445 g/mol. The molecule has 2 N–H and O–H groups in total. The molecule has 31 heavy (non-hydrogen) atoms. The zero-order valence-corrected chi connectivity index (χ0v) is 19.7. The van der Waals surface area contributed by atoms with Crippen LogP contribution in [0.15, 0.2) is 0 Å². The molecule has 0 bridgehead atoms. The van der Waals surface area contributed by atoms with Crippen molar-refractivity contribution < 1.29 is 23.4 Å². The third kappa shape index (κ3) is 4.09. The van der Waals surface area contributed by atoms with Gasteiger partial charge in [-0.1, -0.05) is 27.2 Å². The highest BCUT2D eigenvalue weighted by Gasteiger charge is 2.60. The topological polar surface area (TPSA) is 40.5 Å². The standard InChI is InChI=1S/C26H43F3O2/c1-4-25(31)15-14-24(3)18(16-25)8-10-19-20-11-9-17(23(20,2)13-12-21(19)24)6-5-7-22(30)26(27,28)29/h17-22,30-31H,4-16H2,1-3H3/t17-,18-,19-,20-,21-,22?,23+,24-,25-/m0/s1. The van der Waals surface area contributed by atoms with Crippen molar-refractivity contribution in [1.29, 1.82) is 0 Å². The molecule has 2 nitrogen and oxygen atoms in total. The van der Waals surface area contributed by atoms with Crippen LogP contribution in [0.25, 0.3) is 0 Å². The van der Waals surface area contributed by atoms with Crippen molar-refractivity contribution in [3.8, 4) is 0 Å².